The maximum Gasteiger partial charge on any atom is 0.339 e. The number of hydrogen-bond donors (Lipinski definition) is 1. The van der Waals surface area contributed by atoms with Gasteiger partial charge < -0.3 is 14.3 Å². The van der Waals surface area contributed by atoms with E-state index in [0.29, 0.717) is 11.4 Å². The number of nitrogens with two attached hydrogens (primary N) is 1. The summed E-state index contributed by atoms with van der Waals surface area (Å²) in [4.78, 5) is 0.00892. The van der Waals surface area contributed by atoms with E-state index in [2.05, 4.69) is 33.9 Å². The molecule has 0 amide bonds. The molecule has 0 radical (unpaired) electrons. The monoisotopic (exact) mass is 379 g/mol. The van der Waals surface area contributed by atoms with Crippen LogP contribution in [0.25, 0.3) is 0 Å². The average Bonchev–Trinajstić information content (AvgIpc) is 2.47. The van der Waals surface area contributed by atoms with Crippen LogP contribution < -0.4 is 14.3 Å². The molecule has 7 heteroatoms. The molecule has 5 nitrogen and oxygen atoms in total. The lowest BCUT2D eigenvalue weighted by Gasteiger charge is -2.36. The number of anilines is 1. The third-order valence-electron chi connectivity index (χ3n) is 4.37. The highest BCUT2D eigenvalue weighted by molar-refractivity contribution is 7.87. The molecule has 136 valence electrons. The van der Waals surface area contributed by atoms with Gasteiger partial charge in [-0.3, -0.25) is 0 Å². The van der Waals surface area contributed by atoms with Gasteiger partial charge in [-0.05, 0) is 48.5 Å². The first-order chi connectivity index (χ1) is 11.4. The normalized spacial score (nSPS) is 12.7. The lowest BCUT2D eigenvalue weighted by atomic mass is 10.2. The number of benzene rings is 2. The van der Waals surface area contributed by atoms with Crippen LogP contribution in [0.2, 0.25) is 18.1 Å². The summed E-state index contributed by atoms with van der Waals surface area (Å²) in [7, 11) is -6.13. The van der Waals surface area contributed by atoms with Crippen molar-refractivity contribution in [1.82, 2.24) is 0 Å². The molecule has 0 aliphatic carbocycles. The fraction of sp³-hybridized carbons (Fsp3) is 0.333. The fourth-order valence-electron chi connectivity index (χ4n) is 1.87. The van der Waals surface area contributed by atoms with E-state index in [0.717, 1.165) is 0 Å². The van der Waals surface area contributed by atoms with Crippen LogP contribution >= 0.6 is 0 Å². The standard InChI is InChI=1S/C18H25NO4SSi/c1-18(2,3)25(4,5)23-17-12-7-6-11-16(17)22-24(20,21)15-10-8-9-14(19)13-15/h6-13H,19H2,1-5H3. The SMILES string of the molecule is CC(C)(C)[Si](C)(C)Oc1ccccc1OS(=O)(=O)c1cccc(N)c1. The molecule has 0 aliphatic heterocycles. The van der Waals surface area contributed by atoms with Gasteiger partial charge in [-0.15, -0.1) is 0 Å². The second-order valence-corrected chi connectivity index (χ2v) is 13.7. The van der Waals surface area contributed by atoms with Gasteiger partial charge in [-0.25, -0.2) is 0 Å². The Hall–Kier alpha value is -1.99. The van der Waals surface area contributed by atoms with Crippen molar-refractivity contribution in [2.75, 3.05) is 5.73 Å². The van der Waals surface area contributed by atoms with Crippen LogP contribution in [0.15, 0.2) is 53.4 Å². The van der Waals surface area contributed by atoms with E-state index in [4.69, 9.17) is 14.3 Å². The van der Waals surface area contributed by atoms with Gasteiger partial charge in [-0.2, -0.15) is 8.42 Å². The third-order valence-corrected chi connectivity index (χ3v) is 9.94. The average molecular weight is 380 g/mol. The van der Waals surface area contributed by atoms with E-state index in [9.17, 15) is 8.42 Å². The van der Waals surface area contributed by atoms with Gasteiger partial charge in [-0.1, -0.05) is 39.0 Å². The molecule has 0 unspecified atom stereocenters. The van der Waals surface area contributed by atoms with Crippen molar-refractivity contribution in [2.45, 2.75) is 43.8 Å². The van der Waals surface area contributed by atoms with Crippen LogP contribution in [0.1, 0.15) is 20.8 Å². The molecular formula is C18H25NO4SSi. The summed E-state index contributed by atoms with van der Waals surface area (Å²) in [6, 6.07) is 12.8. The molecule has 0 bridgehead atoms. The molecule has 0 saturated carbocycles. The van der Waals surface area contributed by atoms with Crippen LogP contribution in [0, 0.1) is 0 Å². The first-order valence-corrected chi connectivity index (χ1v) is 12.3. The minimum absolute atomic E-state index is 0.00892. The molecule has 25 heavy (non-hydrogen) atoms. The molecule has 2 rings (SSSR count). The highest BCUT2D eigenvalue weighted by Crippen LogP contribution is 2.40. The molecule has 2 aromatic carbocycles. The zero-order chi connectivity index (χ0) is 18.9. The van der Waals surface area contributed by atoms with Crippen molar-refractivity contribution < 1.29 is 17.0 Å². The Kier molecular flexibility index (Phi) is 5.20. The summed E-state index contributed by atoms with van der Waals surface area (Å²) in [6.45, 7) is 10.5. The summed E-state index contributed by atoms with van der Waals surface area (Å²) < 4.78 is 36.7. The van der Waals surface area contributed by atoms with Crippen LogP contribution in [-0.4, -0.2) is 16.7 Å². The molecule has 0 spiro atoms. The Morgan fingerprint density at radius 1 is 0.960 bits per heavy atom. The van der Waals surface area contributed by atoms with E-state index in [1.54, 1.807) is 36.4 Å². The molecule has 0 fully saturated rings. The third kappa shape index (κ3) is 4.55. The first-order valence-electron chi connectivity index (χ1n) is 8.00. The summed E-state index contributed by atoms with van der Waals surface area (Å²) >= 11 is 0. The summed E-state index contributed by atoms with van der Waals surface area (Å²) in [5.74, 6) is 0.608. The van der Waals surface area contributed by atoms with Crippen molar-refractivity contribution in [3.05, 3.63) is 48.5 Å². The Morgan fingerprint density at radius 3 is 2.12 bits per heavy atom. The van der Waals surface area contributed by atoms with Crippen molar-refractivity contribution in [2.24, 2.45) is 0 Å². The first kappa shape index (κ1) is 19.3. The van der Waals surface area contributed by atoms with Crippen LogP contribution in [-0.2, 0) is 10.1 Å². The number of hydrogen-bond acceptors (Lipinski definition) is 5. The predicted molar refractivity (Wildman–Crippen MR) is 103 cm³/mol. The van der Waals surface area contributed by atoms with Crippen LogP contribution in [0.3, 0.4) is 0 Å². The Balaban J connectivity index is 2.36. The molecule has 0 saturated heterocycles. The van der Waals surface area contributed by atoms with Gasteiger partial charge in [0.2, 0.25) is 0 Å². The molecule has 0 aromatic heterocycles. The van der Waals surface area contributed by atoms with Gasteiger partial charge in [0.15, 0.2) is 5.75 Å². The lowest BCUT2D eigenvalue weighted by Crippen LogP contribution is -2.43. The van der Waals surface area contributed by atoms with E-state index >= 15 is 0 Å². The van der Waals surface area contributed by atoms with Crippen LogP contribution in [0.4, 0.5) is 5.69 Å². The number of para-hydroxylation sites is 2. The maximum atomic E-state index is 12.5. The Labute approximate surface area is 151 Å². The number of nitrogen functional groups attached to an aromatic ring is 1. The van der Waals surface area contributed by atoms with Gasteiger partial charge >= 0.3 is 10.1 Å². The Bertz CT molecular complexity index is 857. The second kappa shape index (κ2) is 6.72. The summed E-state index contributed by atoms with van der Waals surface area (Å²) in [6.07, 6.45) is 0. The molecule has 0 heterocycles. The topological polar surface area (TPSA) is 78.6 Å². The lowest BCUT2D eigenvalue weighted by molar-refractivity contribution is 0.446. The molecule has 2 N–H and O–H groups in total. The molecule has 2 aromatic rings. The van der Waals surface area contributed by atoms with Gasteiger partial charge in [0.1, 0.15) is 10.6 Å². The van der Waals surface area contributed by atoms with Gasteiger partial charge in [0, 0.05) is 5.69 Å². The Morgan fingerprint density at radius 2 is 1.56 bits per heavy atom. The van der Waals surface area contributed by atoms with Crippen molar-refractivity contribution in [3.63, 3.8) is 0 Å². The second-order valence-electron chi connectivity index (χ2n) is 7.42. The molecular weight excluding hydrogens is 354 g/mol. The van der Waals surface area contributed by atoms with E-state index in [-0.39, 0.29) is 15.7 Å². The smallest absolute Gasteiger partial charge is 0.339 e. The number of rotatable bonds is 5. The van der Waals surface area contributed by atoms with Crippen molar-refractivity contribution >= 4 is 24.1 Å². The summed E-state index contributed by atoms with van der Waals surface area (Å²) in [5, 5.41) is -0.0210. The zero-order valence-corrected chi connectivity index (χ0v) is 17.1. The van der Waals surface area contributed by atoms with E-state index in [1.165, 1.54) is 12.1 Å². The zero-order valence-electron chi connectivity index (χ0n) is 15.2. The highest BCUT2D eigenvalue weighted by Gasteiger charge is 2.39. The minimum Gasteiger partial charge on any atom is -0.541 e. The van der Waals surface area contributed by atoms with Crippen molar-refractivity contribution in [3.8, 4) is 11.5 Å². The highest BCUT2D eigenvalue weighted by atomic mass is 32.2. The summed E-state index contributed by atoms with van der Waals surface area (Å²) in [5.41, 5.74) is 6.03. The minimum atomic E-state index is -3.99. The predicted octanol–water partition coefficient (Wildman–Crippen LogP) is 4.42. The van der Waals surface area contributed by atoms with E-state index in [1.807, 2.05) is 0 Å². The quantitative estimate of drug-likeness (QED) is 0.472. The van der Waals surface area contributed by atoms with Gasteiger partial charge in [0.05, 0.1) is 0 Å². The van der Waals surface area contributed by atoms with Gasteiger partial charge in [0.25, 0.3) is 8.32 Å². The van der Waals surface area contributed by atoms with Crippen LogP contribution in [0.5, 0.6) is 11.5 Å². The maximum absolute atomic E-state index is 12.5. The largest absolute Gasteiger partial charge is 0.541 e. The molecule has 0 aliphatic rings. The molecule has 0 atom stereocenters. The van der Waals surface area contributed by atoms with E-state index < -0.39 is 18.4 Å². The van der Waals surface area contributed by atoms with Crippen molar-refractivity contribution in [1.29, 1.82) is 0 Å². The fourth-order valence-corrected chi connectivity index (χ4v) is 3.89.